The average molecular weight is 456 g/mol. The fourth-order valence-corrected chi connectivity index (χ4v) is 2.84. The van der Waals surface area contributed by atoms with Gasteiger partial charge in [0.25, 0.3) is 5.69 Å². The number of hydrogen-bond donors (Lipinski definition) is 1. The van der Waals surface area contributed by atoms with Gasteiger partial charge in [0.1, 0.15) is 5.75 Å². The normalized spacial score (nSPS) is 12.5. The van der Waals surface area contributed by atoms with Gasteiger partial charge in [-0.05, 0) is 31.9 Å². The number of carbonyl (C=O) groups is 1. The van der Waals surface area contributed by atoms with Crippen molar-refractivity contribution in [3.8, 4) is 5.75 Å². The highest BCUT2D eigenvalue weighted by atomic mass is 16.8. The van der Waals surface area contributed by atoms with Crippen molar-refractivity contribution in [1.29, 1.82) is 0 Å². The second-order valence-corrected chi connectivity index (χ2v) is 7.06. The van der Waals surface area contributed by atoms with Crippen molar-refractivity contribution in [3.63, 3.8) is 0 Å². The van der Waals surface area contributed by atoms with Crippen LogP contribution in [0.1, 0.15) is 44.4 Å². The van der Waals surface area contributed by atoms with Gasteiger partial charge in [0, 0.05) is 31.0 Å². The quantitative estimate of drug-likeness (QED) is 0.146. The first-order valence-electron chi connectivity index (χ1n) is 10.4. The van der Waals surface area contributed by atoms with Crippen LogP contribution in [0.2, 0.25) is 0 Å². The Bertz CT molecular complexity index is 1010. The SMILES string of the molecule is CC/C=N\C(=NC)NC(c1cccc([N+](=O)[O-])c1)c1ccccc1OCOC(=O)OC(C)C. The molecule has 0 saturated carbocycles. The molecule has 10 nitrogen and oxygen atoms in total. The molecule has 0 aromatic heterocycles. The summed E-state index contributed by atoms with van der Waals surface area (Å²) in [5.74, 6) is 0.758. The Morgan fingerprint density at radius 1 is 1.21 bits per heavy atom. The van der Waals surface area contributed by atoms with Crippen molar-refractivity contribution in [2.24, 2.45) is 9.98 Å². The minimum absolute atomic E-state index is 0.0514. The summed E-state index contributed by atoms with van der Waals surface area (Å²) in [6.45, 7) is 5.00. The molecular weight excluding hydrogens is 428 g/mol. The minimum Gasteiger partial charge on any atom is -0.457 e. The Labute approximate surface area is 192 Å². The molecule has 1 N–H and O–H groups in total. The number of nitro groups is 1. The molecular formula is C23H28N4O6. The molecule has 0 fully saturated rings. The van der Waals surface area contributed by atoms with Crippen molar-refractivity contribution < 1.29 is 23.9 Å². The van der Waals surface area contributed by atoms with E-state index >= 15 is 0 Å². The first-order valence-corrected chi connectivity index (χ1v) is 10.4. The number of aliphatic imine (C=N–C) groups is 2. The Balaban J connectivity index is 2.39. The van der Waals surface area contributed by atoms with Crippen molar-refractivity contribution in [2.75, 3.05) is 13.8 Å². The number of benzene rings is 2. The molecule has 0 amide bonds. The summed E-state index contributed by atoms with van der Waals surface area (Å²) < 4.78 is 15.6. The molecule has 2 aromatic carbocycles. The van der Waals surface area contributed by atoms with E-state index in [9.17, 15) is 14.9 Å². The third kappa shape index (κ3) is 7.91. The second-order valence-electron chi connectivity index (χ2n) is 7.06. The fraction of sp³-hybridized carbons (Fsp3) is 0.348. The lowest BCUT2D eigenvalue weighted by Crippen LogP contribution is -2.29. The first kappa shape index (κ1) is 25.3. The molecule has 0 spiro atoms. The molecule has 2 aromatic rings. The molecule has 33 heavy (non-hydrogen) atoms. The van der Waals surface area contributed by atoms with Gasteiger partial charge in [-0.25, -0.2) is 9.79 Å². The van der Waals surface area contributed by atoms with E-state index in [1.807, 2.05) is 6.92 Å². The van der Waals surface area contributed by atoms with E-state index in [2.05, 4.69) is 15.3 Å². The average Bonchev–Trinajstić information content (AvgIpc) is 2.79. The molecule has 176 valence electrons. The number of para-hydroxylation sites is 1. The molecule has 0 aliphatic carbocycles. The maximum absolute atomic E-state index is 11.6. The fourth-order valence-electron chi connectivity index (χ4n) is 2.84. The van der Waals surface area contributed by atoms with Crippen LogP contribution in [0.5, 0.6) is 5.75 Å². The summed E-state index contributed by atoms with van der Waals surface area (Å²) in [6, 6.07) is 12.7. The van der Waals surface area contributed by atoms with E-state index in [-0.39, 0.29) is 18.6 Å². The van der Waals surface area contributed by atoms with E-state index in [4.69, 9.17) is 14.2 Å². The third-order valence-corrected chi connectivity index (χ3v) is 4.25. The Morgan fingerprint density at radius 3 is 2.64 bits per heavy atom. The van der Waals surface area contributed by atoms with Gasteiger partial charge >= 0.3 is 6.16 Å². The number of rotatable bonds is 9. The highest BCUT2D eigenvalue weighted by Crippen LogP contribution is 2.32. The summed E-state index contributed by atoms with van der Waals surface area (Å²) in [4.78, 5) is 31.0. The van der Waals surface area contributed by atoms with Crippen LogP contribution >= 0.6 is 0 Å². The van der Waals surface area contributed by atoms with Crippen molar-refractivity contribution in [2.45, 2.75) is 39.3 Å². The molecule has 0 heterocycles. The van der Waals surface area contributed by atoms with E-state index in [0.717, 1.165) is 0 Å². The lowest BCUT2D eigenvalue weighted by atomic mass is 9.97. The van der Waals surface area contributed by atoms with Crippen LogP contribution in [0, 0.1) is 10.1 Å². The number of guanidine groups is 1. The monoisotopic (exact) mass is 456 g/mol. The van der Waals surface area contributed by atoms with Crippen molar-refractivity contribution in [1.82, 2.24) is 5.32 Å². The van der Waals surface area contributed by atoms with Crippen LogP contribution < -0.4 is 10.1 Å². The molecule has 0 aliphatic heterocycles. The standard InChI is InChI=1S/C23H28N4O6/c1-5-13-25-22(24-4)26-21(17-9-8-10-18(14-17)27(29)30)19-11-6-7-12-20(19)31-15-32-23(28)33-16(2)3/h6-14,16,21H,5,15H2,1-4H3,(H,24,26)/b25-13-. The highest BCUT2D eigenvalue weighted by molar-refractivity contribution is 5.88. The highest BCUT2D eigenvalue weighted by Gasteiger charge is 2.22. The molecule has 10 heteroatoms. The lowest BCUT2D eigenvalue weighted by Gasteiger charge is -2.22. The smallest absolute Gasteiger partial charge is 0.457 e. The number of ether oxygens (including phenoxy) is 3. The van der Waals surface area contributed by atoms with Crippen molar-refractivity contribution in [3.05, 3.63) is 69.8 Å². The summed E-state index contributed by atoms with van der Waals surface area (Å²) in [5.41, 5.74) is 1.20. The van der Waals surface area contributed by atoms with E-state index in [1.54, 1.807) is 63.5 Å². The molecule has 2 rings (SSSR count). The molecule has 0 bridgehead atoms. The second kappa shape index (κ2) is 12.8. The van der Waals surface area contributed by atoms with Gasteiger partial charge in [0.15, 0.2) is 0 Å². The summed E-state index contributed by atoms with van der Waals surface area (Å²) in [6.07, 6.45) is 1.26. The van der Waals surface area contributed by atoms with Gasteiger partial charge in [-0.1, -0.05) is 37.3 Å². The van der Waals surface area contributed by atoms with Crippen LogP contribution in [-0.4, -0.2) is 43.2 Å². The predicted octanol–water partition coefficient (Wildman–Crippen LogP) is 4.64. The molecule has 1 atom stereocenters. The first-order chi connectivity index (χ1) is 15.8. The predicted molar refractivity (Wildman–Crippen MR) is 125 cm³/mol. The Kier molecular flexibility index (Phi) is 9.81. The van der Waals surface area contributed by atoms with Crippen LogP contribution in [-0.2, 0) is 9.47 Å². The van der Waals surface area contributed by atoms with E-state index < -0.39 is 17.1 Å². The van der Waals surface area contributed by atoms with Gasteiger partial charge in [-0.2, -0.15) is 0 Å². The van der Waals surface area contributed by atoms with E-state index in [1.165, 1.54) is 12.1 Å². The van der Waals surface area contributed by atoms with Crippen LogP contribution in [0.25, 0.3) is 0 Å². The zero-order valence-corrected chi connectivity index (χ0v) is 19.1. The van der Waals surface area contributed by atoms with Gasteiger partial charge in [0.05, 0.1) is 17.1 Å². The number of hydrogen-bond acceptors (Lipinski definition) is 7. The van der Waals surface area contributed by atoms with Gasteiger partial charge < -0.3 is 19.5 Å². The number of carbonyl (C=O) groups excluding carboxylic acids is 1. The van der Waals surface area contributed by atoms with Gasteiger partial charge in [-0.3, -0.25) is 15.1 Å². The Morgan fingerprint density at radius 2 is 1.97 bits per heavy atom. The third-order valence-electron chi connectivity index (χ3n) is 4.25. The molecule has 0 radical (unpaired) electrons. The summed E-state index contributed by atoms with van der Waals surface area (Å²) in [7, 11) is 1.59. The van der Waals surface area contributed by atoms with Crippen molar-refractivity contribution >= 4 is 24.0 Å². The van der Waals surface area contributed by atoms with E-state index in [0.29, 0.717) is 29.3 Å². The van der Waals surface area contributed by atoms with Crippen LogP contribution in [0.3, 0.4) is 0 Å². The van der Waals surface area contributed by atoms with Gasteiger partial charge in [0.2, 0.25) is 12.8 Å². The van der Waals surface area contributed by atoms with Gasteiger partial charge in [-0.15, -0.1) is 0 Å². The van der Waals surface area contributed by atoms with Crippen LogP contribution in [0.4, 0.5) is 10.5 Å². The maximum Gasteiger partial charge on any atom is 0.511 e. The number of non-ortho nitro benzene ring substituents is 1. The number of nitrogens with one attached hydrogen (secondary N) is 1. The minimum atomic E-state index is -0.842. The maximum atomic E-state index is 11.6. The molecule has 0 saturated heterocycles. The molecule has 1 unspecified atom stereocenters. The molecule has 0 aliphatic rings. The number of nitrogens with zero attached hydrogens (tertiary/aromatic N) is 3. The zero-order valence-electron chi connectivity index (χ0n) is 19.1. The largest absolute Gasteiger partial charge is 0.511 e. The zero-order chi connectivity index (χ0) is 24.2. The topological polar surface area (TPSA) is 125 Å². The lowest BCUT2D eigenvalue weighted by molar-refractivity contribution is -0.384. The summed E-state index contributed by atoms with van der Waals surface area (Å²) in [5, 5.41) is 14.6. The number of nitro benzene ring substituents is 1. The van der Waals surface area contributed by atoms with Crippen LogP contribution in [0.15, 0.2) is 58.5 Å². The summed E-state index contributed by atoms with van der Waals surface area (Å²) >= 11 is 0. The Hall–Kier alpha value is -3.95.